The number of halogens is 1. The summed E-state index contributed by atoms with van der Waals surface area (Å²) in [5, 5.41) is 16.2. The molecule has 0 heterocycles. The zero-order valence-corrected chi connectivity index (χ0v) is 15.6. The Morgan fingerprint density at radius 2 is 2.19 bits per heavy atom. The molecule has 0 spiro atoms. The zero-order chi connectivity index (χ0) is 18.8. The van der Waals surface area contributed by atoms with Crippen LogP contribution in [0.25, 0.3) is 0 Å². The molecule has 0 bridgehead atoms. The van der Waals surface area contributed by atoms with Crippen LogP contribution in [0.5, 0.6) is 5.75 Å². The number of aliphatic imine (C=N–C) groups is 1. The van der Waals surface area contributed by atoms with E-state index in [1.807, 2.05) is 13.8 Å². The Morgan fingerprint density at radius 1 is 1.38 bits per heavy atom. The van der Waals surface area contributed by atoms with Gasteiger partial charge in [-0.05, 0) is 44.7 Å². The molecule has 6 nitrogen and oxygen atoms in total. The van der Waals surface area contributed by atoms with Gasteiger partial charge >= 0.3 is 0 Å². The molecule has 146 valence electrons. The molecule has 1 aliphatic rings. The number of hydrogen-bond donors (Lipinski definition) is 3. The number of aliphatic hydroxyl groups is 1. The first-order valence-corrected chi connectivity index (χ1v) is 9.27. The summed E-state index contributed by atoms with van der Waals surface area (Å²) in [6.45, 7) is 6.36. The van der Waals surface area contributed by atoms with Crippen LogP contribution < -0.4 is 15.4 Å². The lowest BCUT2D eigenvalue weighted by molar-refractivity contribution is 0.0368. The third-order valence-electron chi connectivity index (χ3n) is 3.86. The fourth-order valence-electron chi connectivity index (χ4n) is 2.30. The van der Waals surface area contributed by atoms with Crippen LogP contribution in [0.1, 0.15) is 26.7 Å². The highest BCUT2D eigenvalue weighted by atomic mass is 19.1. The minimum absolute atomic E-state index is 0.174. The monoisotopic (exact) mass is 367 g/mol. The second-order valence-electron chi connectivity index (χ2n) is 6.62. The van der Waals surface area contributed by atoms with E-state index < -0.39 is 6.10 Å². The average molecular weight is 367 g/mol. The lowest BCUT2D eigenvalue weighted by Crippen LogP contribution is -2.42. The van der Waals surface area contributed by atoms with Gasteiger partial charge in [-0.25, -0.2) is 4.39 Å². The lowest BCUT2D eigenvalue weighted by Gasteiger charge is -2.18. The van der Waals surface area contributed by atoms with Crippen molar-refractivity contribution in [2.24, 2.45) is 10.9 Å². The highest BCUT2D eigenvalue weighted by molar-refractivity contribution is 5.79. The van der Waals surface area contributed by atoms with Crippen LogP contribution in [0.15, 0.2) is 29.3 Å². The molecule has 1 aromatic rings. The summed E-state index contributed by atoms with van der Waals surface area (Å²) in [7, 11) is 0. The van der Waals surface area contributed by atoms with E-state index >= 15 is 0 Å². The standard InChI is InChI=1S/C19H30FN3O3/c1-3-21-19(23-11-17(24)13-25-12-15-7-8-15)22-10-14(2)26-18-6-4-5-16(20)9-18/h4-6,9,14-15,17,24H,3,7-8,10-13H2,1-2H3,(H2,21,22,23). The molecule has 2 rings (SSSR count). The van der Waals surface area contributed by atoms with E-state index in [0.717, 1.165) is 6.61 Å². The summed E-state index contributed by atoms with van der Waals surface area (Å²) >= 11 is 0. The number of nitrogens with one attached hydrogen (secondary N) is 2. The third kappa shape index (κ3) is 8.49. The summed E-state index contributed by atoms with van der Waals surface area (Å²) < 4.78 is 24.3. The van der Waals surface area contributed by atoms with Crippen molar-refractivity contribution in [2.45, 2.75) is 38.9 Å². The van der Waals surface area contributed by atoms with Crippen LogP contribution in [0.3, 0.4) is 0 Å². The van der Waals surface area contributed by atoms with Crippen molar-refractivity contribution in [3.8, 4) is 5.75 Å². The first kappa shape index (κ1) is 20.5. The number of rotatable bonds is 11. The molecular weight excluding hydrogens is 337 g/mol. The molecule has 7 heteroatoms. The first-order valence-electron chi connectivity index (χ1n) is 9.27. The molecule has 0 saturated heterocycles. The Kier molecular flexibility index (Phi) is 8.64. The molecule has 1 aliphatic carbocycles. The van der Waals surface area contributed by atoms with E-state index in [1.165, 1.54) is 25.0 Å². The van der Waals surface area contributed by atoms with E-state index in [1.54, 1.807) is 12.1 Å². The van der Waals surface area contributed by atoms with Crippen LogP contribution in [0.4, 0.5) is 4.39 Å². The Bertz CT molecular complexity index is 567. The van der Waals surface area contributed by atoms with Crippen molar-refractivity contribution in [3.63, 3.8) is 0 Å². The molecular formula is C19H30FN3O3. The van der Waals surface area contributed by atoms with Gasteiger partial charge in [-0.2, -0.15) is 0 Å². The maximum absolute atomic E-state index is 13.2. The number of hydrogen-bond acceptors (Lipinski definition) is 4. The summed E-state index contributed by atoms with van der Waals surface area (Å²) in [4.78, 5) is 4.37. The molecule has 2 atom stereocenters. The van der Waals surface area contributed by atoms with Crippen LogP contribution in [0.2, 0.25) is 0 Å². The van der Waals surface area contributed by atoms with Crippen LogP contribution >= 0.6 is 0 Å². The van der Waals surface area contributed by atoms with Gasteiger partial charge in [-0.3, -0.25) is 4.99 Å². The molecule has 3 N–H and O–H groups in total. The molecule has 1 fully saturated rings. The number of ether oxygens (including phenoxy) is 2. The number of guanidine groups is 1. The zero-order valence-electron chi connectivity index (χ0n) is 15.6. The minimum atomic E-state index is -0.620. The number of nitrogens with zero attached hydrogens (tertiary/aromatic N) is 1. The van der Waals surface area contributed by atoms with Crippen molar-refractivity contribution < 1.29 is 19.0 Å². The van der Waals surface area contributed by atoms with Gasteiger partial charge in [0.1, 0.15) is 17.7 Å². The summed E-state index contributed by atoms with van der Waals surface area (Å²) in [6, 6.07) is 6.07. The second-order valence-corrected chi connectivity index (χ2v) is 6.62. The lowest BCUT2D eigenvalue weighted by atomic mass is 10.3. The van der Waals surface area contributed by atoms with Gasteiger partial charge in [0, 0.05) is 19.2 Å². The fraction of sp³-hybridized carbons (Fsp3) is 0.632. The summed E-state index contributed by atoms with van der Waals surface area (Å²) in [6.07, 6.45) is 1.68. The Morgan fingerprint density at radius 3 is 2.88 bits per heavy atom. The predicted molar refractivity (Wildman–Crippen MR) is 100 cm³/mol. The van der Waals surface area contributed by atoms with Gasteiger partial charge < -0.3 is 25.2 Å². The van der Waals surface area contributed by atoms with Crippen molar-refractivity contribution in [3.05, 3.63) is 30.1 Å². The molecule has 26 heavy (non-hydrogen) atoms. The van der Waals surface area contributed by atoms with Gasteiger partial charge in [-0.15, -0.1) is 0 Å². The number of aliphatic hydroxyl groups excluding tert-OH is 1. The van der Waals surface area contributed by atoms with Crippen molar-refractivity contribution in [1.29, 1.82) is 0 Å². The molecule has 0 radical (unpaired) electrons. The smallest absolute Gasteiger partial charge is 0.191 e. The van der Waals surface area contributed by atoms with E-state index in [9.17, 15) is 9.50 Å². The van der Waals surface area contributed by atoms with Gasteiger partial charge in [0.05, 0.1) is 25.8 Å². The third-order valence-corrected chi connectivity index (χ3v) is 3.86. The Labute approximate surface area is 154 Å². The van der Waals surface area contributed by atoms with Crippen molar-refractivity contribution >= 4 is 5.96 Å². The van der Waals surface area contributed by atoms with Gasteiger partial charge in [0.15, 0.2) is 5.96 Å². The maximum Gasteiger partial charge on any atom is 0.191 e. The molecule has 0 amide bonds. The largest absolute Gasteiger partial charge is 0.489 e. The summed E-state index contributed by atoms with van der Waals surface area (Å²) in [5.41, 5.74) is 0. The molecule has 0 aromatic heterocycles. The van der Waals surface area contributed by atoms with Crippen LogP contribution in [-0.4, -0.2) is 56.1 Å². The van der Waals surface area contributed by atoms with Crippen LogP contribution in [0, 0.1) is 11.7 Å². The molecule has 1 aromatic carbocycles. The second kappa shape index (κ2) is 11.0. The van der Waals surface area contributed by atoms with Gasteiger partial charge in [0.25, 0.3) is 0 Å². The van der Waals surface area contributed by atoms with Gasteiger partial charge in [-0.1, -0.05) is 6.07 Å². The van der Waals surface area contributed by atoms with E-state index in [2.05, 4.69) is 15.6 Å². The minimum Gasteiger partial charge on any atom is -0.489 e. The van der Waals surface area contributed by atoms with E-state index in [4.69, 9.17) is 9.47 Å². The van der Waals surface area contributed by atoms with Gasteiger partial charge in [0.2, 0.25) is 0 Å². The maximum atomic E-state index is 13.2. The highest BCUT2D eigenvalue weighted by Gasteiger charge is 2.21. The average Bonchev–Trinajstić information content (AvgIpc) is 3.42. The first-order chi connectivity index (χ1) is 12.6. The number of benzene rings is 1. The topological polar surface area (TPSA) is 75.1 Å². The predicted octanol–water partition coefficient (Wildman–Crippen LogP) is 1.94. The van der Waals surface area contributed by atoms with E-state index in [0.29, 0.717) is 37.3 Å². The summed E-state index contributed by atoms with van der Waals surface area (Å²) in [5.74, 6) is 1.45. The highest BCUT2D eigenvalue weighted by Crippen LogP contribution is 2.28. The van der Waals surface area contributed by atoms with Crippen molar-refractivity contribution in [1.82, 2.24) is 10.6 Å². The molecule has 2 unspecified atom stereocenters. The van der Waals surface area contributed by atoms with Crippen LogP contribution in [-0.2, 0) is 4.74 Å². The SMILES string of the molecule is CCNC(=NCC(O)COCC1CC1)NCC(C)Oc1cccc(F)c1. The normalized spacial score (nSPS) is 16.8. The molecule has 0 aliphatic heterocycles. The fourth-order valence-corrected chi connectivity index (χ4v) is 2.30. The Hall–Kier alpha value is -1.86. The quantitative estimate of drug-likeness (QED) is 0.412. The van der Waals surface area contributed by atoms with E-state index in [-0.39, 0.29) is 18.5 Å². The molecule has 1 saturated carbocycles. The van der Waals surface area contributed by atoms with Crippen molar-refractivity contribution in [2.75, 3.05) is 32.8 Å². The Balaban J connectivity index is 1.71.